The highest BCUT2D eigenvalue weighted by Gasteiger charge is 2.52. The third-order valence-electron chi connectivity index (χ3n) is 3.03. The van der Waals surface area contributed by atoms with E-state index in [2.05, 4.69) is 4.98 Å². The highest BCUT2D eigenvalue weighted by molar-refractivity contribution is 6.61. The van der Waals surface area contributed by atoms with Gasteiger partial charge >= 0.3 is 7.12 Å². The van der Waals surface area contributed by atoms with Crippen molar-refractivity contribution in [2.45, 2.75) is 38.9 Å². The smallest absolute Gasteiger partial charge is 0.433 e. The fourth-order valence-corrected chi connectivity index (χ4v) is 1.37. The molecule has 1 aliphatic heterocycles. The first-order valence-electron chi connectivity index (χ1n) is 4.88. The predicted molar refractivity (Wildman–Crippen MR) is 56.6 cm³/mol. The SMILES string of the molecule is CC1(C)OB(c2coc(N)n2)OC1(C)C. The summed E-state index contributed by atoms with van der Waals surface area (Å²) in [5.41, 5.74) is 5.23. The van der Waals surface area contributed by atoms with Crippen LogP contribution in [0.2, 0.25) is 0 Å². The van der Waals surface area contributed by atoms with Crippen molar-refractivity contribution in [1.82, 2.24) is 4.98 Å². The van der Waals surface area contributed by atoms with Crippen molar-refractivity contribution in [3.8, 4) is 0 Å². The van der Waals surface area contributed by atoms with Gasteiger partial charge in [0.15, 0.2) is 0 Å². The molecule has 0 aromatic carbocycles. The summed E-state index contributed by atoms with van der Waals surface area (Å²) < 4.78 is 16.4. The van der Waals surface area contributed by atoms with Crippen molar-refractivity contribution >= 4 is 18.7 Å². The molecule has 1 fully saturated rings. The fourth-order valence-electron chi connectivity index (χ4n) is 1.37. The van der Waals surface area contributed by atoms with Gasteiger partial charge in [-0.2, -0.15) is 0 Å². The molecule has 0 radical (unpaired) electrons. The Morgan fingerprint density at radius 1 is 1.20 bits per heavy atom. The molecule has 2 N–H and O–H groups in total. The highest BCUT2D eigenvalue weighted by atomic mass is 16.7. The first kappa shape index (κ1) is 10.5. The first-order chi connectivity index (χ1) is 6.82. The molecule has 2 rings (SSSR count). The maximum atomic E-state index is 5.76. The van der Waals surface area contributed by atoms with E-state index < -0.39 is 7.12 Å². The standard InChI is InChI=1S/C9H15BN2O3/c1-8(2)9(3,4)15-10(14-8)6-5-13-7(11)12-6/h5H,1-4H3,(H2,11,12). The number of nitrogens with two attached hydrogens (primary N) is 1. The molecule has 82 valence electrons. The molecule has 0 atom stereocenters. The number of anilines is 1. The monoisotopic (exact) mass is 210 g/mol. The number of hydrogen-bond donors (Lipinski definition) is 1. The van der Waals surface area contributed by atoms with Gasteiger partial charge in [-0.15, -0.1) is 0 Å². The minimum atomic E-state index is -0.504. The van der Waals surface area contributed by atoms with Crippen molar-refractivity contribution in [2.75, 3.05) is 5.73 Å². The molecule has 0 saturated carbocycles. The average molecular weight is 210 g/mol. The Bertz CT molecular complexity index is 359. The van der Waals surface area contributed by atoms with Gasteiger partial charge in [-0.05, 0) is 27.7 Å². The van der Waals surface area contributed by atoms with Crippen molar-refractivity contribution < 1.29 is 13.7 Å². The summed E-state index contributed by atoms with van der Waals surface area (Å²) in [6.07, 6.45) is 1.46. The van der Waals surface area contributed by atoms with Crippen molar-refractivity contribution in [3.05, 3.63) is 6.26 Å². The van der Waals surface area contributed by atoms with E-state index >= 15 is 0 Å². The van der Waals surface area contributed by atoms with E-state index in [9.17, 15) is 0 Å². The molecule has 1 aliphatic rings. The van der Waals surface area contributed by atoms with Crippen LogP contribution in [0.4, 0.5) is 6.01 Å². The molecule has 15 heavy (non-hydrogen) atoms. The second-order valence-electron chi connectivity index (χ2n) is 4.70. The van der Waals surface area contributed by atoms with Gasteiger partial charge in [0.2, 0.25) is 0 Å². The Labute approximate surface area is 89.1 Å². The van der Waals surface area contributed by atoms with Crippen LogP contribution in [-0.2, 0) is 9.31 Å². The fraction of sp³-hybridized carbons (Fsp3) is 0.667. The van der Waals surface area contributed by atoms with Crippen molar-refractivity contribution in [3.63, 3.8) is 0 Å². The third kappa shape index (κ3) is 1.64. The van der Waals surface area contributed by atoms with Crippen LogP contribution in [0.3, 0.4) is 0 Å². The minimum absolute atomic E-state index is 0.125. The van der Waals surface area contributed by atoms with Crippen LogP contribution < -0.4 is 11.3 Å². The average Bonchev–Trinajstić information content (AvgIpc) is 2.56. The Morgan fingerprint density at radius 2 is 1.73 bits per heavy atom. The number of nitrogens with zero attached hydrogens (tertiary/aromatic N) is 1. The summed E-state index contributed by atoms with van der Waals surface area (Å²) in [6.45, 7) is 7.93. The van der Waals surface area contributed by atoms with E-state index in [4.69, 9.17) is 19.5 Å². The van der Waals surface area contributed by atoms with Crippen LogP contribution in [0.25, 0.3) is 0 Å². The Kier molecular flexibility index (Phi) is 2.10. The van der Waals surface area contributed by atoms with Gasteiger partial charge in [-0.3, -0.25) is 0 Å². The van der Waals surface area contributed by atoms with Gasteiger partial charge in [0.25, 0.3) is 6.01 Å². The van der Waals surface area contributed by atoms with Gasteiger partial charge in [-0.25, -0.2) is 4.98 Å². The Hall–Kier alpha value is -1.01. The van der Waals surface area contributed by atoms with Crippen molar-refractivity contribution in [2.24, 2.45) is 0 Å². The van der Waals surface area contributed by atoms with E-state index in [0.29, 0.717) is 5.59 Å². The van der Waals surface area contributed by atoms with Crippen LogP contribution >= 0.6 is 0 Å². The lowest BCUT2D eigenvalue weighted by molar-refractivity contribution is 0.00578. The number of oxazole rings is 1. The molecule has 0 amide bonds. The summed E-state index contributed by atoms with van der Waals surface area (Å²) in [6, 6.07) is 0.125. The predicted octanol–water partition coefficient (Wildman–Crippen LogP) is 0.556. The number of aromatic nitrogens is 1. The molecular formula is C9H15BN2O3. The van der Waals surface area contributed by atoms with E-state index in [-0.39, 0.29) is 17.2 Å². The lowest BCUT2D eigenvalue weighted by Gasteiger charge is -2.32. The zero-order chi connectivity index (χ0) is 11.3. The topological polar surface area (TPSA) is 70.5 Å². The minimum Gasteiger partial charge on any atom is -0.433 e. The molecule has 0 unspecified atom stereocenters. The van der Waals surface area contributed by atoms with Crippen LogP contribution in [-0.4, -0.2) is 23.3 Å². The van der Waals surface area contributed by atoms with Crippen molar-refractivity contribution in [1.29, 1.82) is 0 Å². The normalized spacial score (nSPS) is 23.3. The van der Waals surface area contributed by atoms with E-state index in [1.165, 1.54) is 6.26 Å². The second-order valence-corrected chi connectivity index (χ2v) is 4.70. The lowest BCUT2D eigenvalue weighted by atomic mass is 9.86. The summed E-state index contributed by atoms with van der Waals surface area (Å²) in [7, 11) is -0.504. The van der Waals surface area contributed by atoms with Crippen LogP contribution in [0.1, 0.15) is 27.7 Å². The molecule has 1 aromatic rings. The van der Waals surface area contributed by atoms with Gasteiger partial charge in [0.05, 0.1) is 11.2 Å². The zero-order valence-corrected chi connectivity index (χ0v) is 9.40. The molecule has 0 bridgehead atoms. The molecule has 1 aromatic heterocycles. The number of rotatable bonds is 1. The molecule has 5 nitrogen and oxygen atoms in total. The summed E-state index contributed by atoms with van der Waals surface area (Å²) >= 11 is 0. The lowest BCUT2D eigenvalue weighted by Crippen LogP contribution is -2.41. The van der Waals surface area contributed by atoms with Crippen LogP contribution in [0.5, 0.6) is 0 Å². The second kappa shape index (κ2) is 2.99. The molecule has 6 heteroatoms. The molecule has 0 spiro atoms. The first-order valence-corrected chi connectivity index (χ1v) is 4.88. The number of hydrogen-bond acceptors (Lipinski definition) is 5. The van der Waals surface area contributed by atoms with Gasteiger partial charge in [0.1, 0.15) is 11.9 Å². The molecule has 2 heterocycles. The zero-order valence-electron chi connectivity index (χ0n) is 9.40. The van der Waals surface area contributed by atoms with Crippen LogP contribution in [0, 0.1) is 0 Å². The highest BCUT2D eigenvalue weighted by Crippen LogP contribution is 2.36. The number of nitrogen functional groups attached to an aromatic ring is 1. The Morgan fingerprint density at radius 3 is 2.13 bits per heavy atom. The van der Waals surface area contributed by atoms with Gasteiger partial charge in [0, 0.05) is 0 Å². The molecular weight excluding hydrogens is 195 g/mol. The molecule has 1 saturated heterocycles. The van der Waals surface area contributed by atoms with Gasteiger partial charge < -0.3 is 19.5 Å². The molecule has 0 aliphatic carbocycles. The third-order valence-corrected chi connectivity index (χ3v) is 3.03. The van der Waals surface area contributed by atoms with Crippen LogP contribution in [0.15, 0.2) is 10.7 Å². The summed E-state index contributed by atoms with van der Waals surface area (Å²) in [5, 5.41) is 0. The maximum absolute atomic E-state index is 5.76. The summed E-state index contributed by atoms with van der Waals surface area (Å²) in [5.74, 6) is 0. The van der Waals surface area contributed by atoms with E-state index in [1.807, 2.05) is 27.7 Å². The van der Waals surface area contributed by atoms with E-state index in [0.717, 1.165) is 0 Å². The maximum Gasteiger partial charge on any atom is 0.518 e. The largest absolute Gasteiger partial charge is 0.518 e. The van der Waals surface area contributed by atoms with Gasteiger partial charge in [-0.1, -0.05) is 0 Å². The van der Waals surface area contributed by atoms with E-state index in [1.54, 1.807) is 0 Å². The quantitative estimate of drug-likeness (QED) is 0.685. The Balaban J connectivity index is 2.23. The summed E-state index contributed by atoms with van der Waals surface area (Å²) in [4.78, 5) is 3.98.